The molecule has 0 aliphatic heterocycles. The normalized spacial score (nSPS) is 13.7. The zero-order chi connectivity index (χ0) is 20.6. The summed E-state index contributed by atoms with van der Waals surface area (Å²) < 4.78 is 5.97. The molecule has 0 aromatic heterocycles. The minimum absolute atomic E-state index is 0.00422. The van der Waals surface area contributed by atoms with Crippen LogP contribution in [-0.4, -0.2) is 44.5 Å². The van der Waals surface area contributed by atoms with Crippen molar-refractivity contribution in [3.05, 3.63) is 65.2 Å². The molecular weight excluding hydrogens is 364 g/mol. The third-order valence-corrected chi connectivity index (χ3v) is 4.88. The Kier molecular flexibility index (Phi) is 7.11. The average Bonchev–Trinajstić information content (AvgIpc) is 3.57. The van der Waals surface area contributed by atoms with Crippen LogP contribution >= 0.6 is 0 Å². The summed E-state index contributed by atoms with van der Waals surface area (Å²) in [7, 11) is 5.26. The molecule has 1 fully saturated rings. The van der Waals surface area contributed by atoms with E-state index in [1.54, 1.807) is 26.0 Å². The summed E-state index contributed by atoms with van der Waals surface area (Å²) in [4.78, 5) is 17.8. The van der Waals surface area contributed by atoms with Gasteiger partial charge in [-0.2, -0.15) is 0 Å². The van der Waals surface area contributed by atoms with Gasteiger partial charge in [0.25, 0.3) is 5.91 Å². The SMILES string of the molecule is CN=C(NCc1ccc(C(=O)N(C)C)cc1)NCc1ccccc1OCC1CC1. The summed E-state index contributed by atoms with van der Waals surface area (Å²) in [5, 5.41) is 6.65. The molecule has 0 radical (unpaired) electrons. The fraction of sp³-hybridized carbons (Fsp3) is 0.391. The van der Waals surface area contributed by atoms with Gasteiger partial charge in [0.15, 0.2) is 5.96 Å². The topological polar surface area (TPSA) is 66.0 Å². The monoisotopic (exact) mass is 394 g/mol. The Morgan fingerprint density at radius 2 is 1.76 bits per heavy atom. The molecule has 29 heavy (non-hydrogen) atoms. The third kappa shape index (κ3) is 6.24. The highest BCUT2D eigenvalue weighted by Gasteiger charge is 2.22. The quantitative estimate of drug-likeness (QED) is 0.534. The number of carbonyl (C=O) groups excluding carboxylic acids is 1. The number of amides is 1. The maximum absolute atomic E-state index is 12.0. The molecule has 1 aliphatic carbocycles. The largest absolute Gasteiger partial charge is 0.493 e. The van der Waals surface area contributed by atoms with Crippen molar-refractivity contribution in [2.45, 2.75) is 25.9 Å². The van der Waals surface area contributed by atoms with E-state index in [0.717, 1.165) is 35.4 Å². The minimum atomic E-state index is 0.00422. The predicted octanol–water partition coefficient (Wildman–Crippen LogP) is 3.04. The van der Waals surface area contributed by atoms with Gasteiger partial charge >= 0.3 is 0 Å². The van der Waals surface area contributed by atoms with Crippen molar-refractivity contribution in [2.24, 2.45) is 10.9 Å². The number of hydrogen-bond donors (Lipinski definition) is 2. The van der Waals surface area contributed by atoms with E-state index < -0.39 is 0 Å². The van der Waals surface area contributed by atoms with E-state index in [1.807, 2.05) is 42.5 Å². The number of para-hydroxylation sites is 1. The van der Waals surface area contributed by atoms with Crippen molar-refractivity contribution in [3.63, 3.8) is 0 Å². The molecule has 1 saturated carbocycles. The molecule has 6 nitrogen and oxygen atoms in total. The zero-order valence-electron chi connectivity index (χ0n) is 17.4. The van der Waals surface area contributed by atoms with Gasteiger partial charge in [-0.15, -0.1) is 0 Å². The first kappa shape index (κ1) is 20.7. The lowest BCUT2D eigenvalue weighted by Crippen LogP contribution is -2.36. The Morgan fingerprint density at radius 3 is 2.41 bits per heavy atom. The van der Waals surface area contributed by atoms with E-state index in [4.69, 9.17) is 4.74 Å². The number of nitrogens with one attached hydrogen (secondary N) is 2. The summed E-state index contributed by atoms with van der Waals surface area (Å²) >= 11 is 0. The van der Waals surface area contributed by atoms with Gasteiger partial charge in [-0.3, -0.25) is 9.79 Å². The van der Waals surface area contributed by atoms with Crippen molar-refractivity contribution in [3.8, 4) is 5.75 Å². The fourth-order valence-electron chi connectivity index (χ4n) is 2.89. The lowest BCUT2D eigenvalue weighted by Gasteiger charge is -2.15. The first-order valence-electron chi connectivity index (χ1n) is 10.0. The van der Waals surface area contributed by atoms with Crippen LogP contribution in [0.15, 0.2) is 53.5 Å². The molecule has 0 heterocycles. The molecule has 6 heteroatoms. The Morgan fingerprint density at radius 1 is 1.07 bits per heavy atom. The van der Waals surface area contributed by atoms with E-state index in [2.05, 4.69) is 21.7 Å². The number of ether oxygens (including phenoxy) is 1. The van der Waals surface area contributed by atoms with Crippen LogP contribution < -0.4 is 15.4 Å². The molecule has 2 aromatic rings. The molecule has 1 amide bonds. The van der Waals surface area contributed by atoms with Crippen LogP contribution in [0.4, 0.5) is 0 Å². The van der Waals surface area contributed by atoms with Crippen molar-refractivity contribution >= 4 is 11.9 Å². The van der Waals surface area contributed by atoms with Crippen LogP contribution in [0.5, 0.6) is 5.75 Å². The van der Waals surface area contributed by atoms with Gasteiger partial charge in [0.1, 0.15) is 5.75 Å². The molecule has 2 N–H and O–H groups in total. The first-order chi connectivity index (χ1) is 14.1. The van der Waals surface area contributed by atoms with Crippen LogP contribution in [0.3, 0.4) is 0 Å². The standard InChI is InChI=1S/C23H30N4O2/c1-24-23(25-14-17-10-12-19(13-11-17)22(28)27(2)3)26-15-20-6-4-5-7-21(20)29-16-18-8-9-18/h4-7,10-13,18H,8-9,14-16H2,1-3H3,(H2,24,25,26). The highest BCUT2D eigenvalue weighted by molar-refractivity contribution is 5.93. The van der Waals surface area contributed by atoms with Gasteiger partial charge in [0.2, 0.25) is 0 Å². The first-order valence-corrected chi connectivity index (χ1v) is 10.0. The smallest absolute Gasteiger partial charge is 0.253 e. The average molecular weight is 395 g/mol. The molecule has 0 bridgehead atoms. The number of benzene rings is 2. The summed E-state index contributed by atoms with van der Waals surface area (Å²) in [6.07, 6.45) is 2.56. The van der Waals surface area contributed by atoms with E-state index in [-0.39, 0.29) is 5.91 Å². The zero-order valence-corrected chi connectivity index (χ0v) is 17.4. The Hall–Kier alpha value is -3.02. The molecular formula is C23H30N4O2. The Bertz CT molecular complexity index is 842. The minimum Gasteiger partial charge on any atom is -0.493 e. The Labute approximate surface area is 173 Å². The van der Waals surface area contributed by atoms with Crippen LogP contribution in [0.1, 0.15) is 34.3 Å². The number of aliphatic imine (C=N–C) groups is 1. The second-order valence-corrected chi connectivity index (χ2v) is 7.54. The second kappa shape index (κ2) is 9.96. The van der Waals surface area contributed by atoms with Gasteiger partial charge in [0.05, 0.1) is 6.61 Å². The summed E-state index contributed by atoms with van der Waals surface area (Å²) in [6.45, 7) is 2.06. The van der Waals surface area contributed by atoms with Crippen molar-refractivity contribution in [1.29, 1.82) is 0 Å². The van der Waals surface area contributed by atoms with Crippen LogP contribution in [0.25, 0.3) is 0 Å². The molecule has 3 rings (SSSR count). The maximum atomic E-state index is 12.0. The van der Waals surface area contributed by atoms with Crippen LogP contribution in [0.2, 0.25) is 0 Å². The summed E-state index contributed by atoms with van der Waals surface area (Å²) in [5.74, 6) is 2.38. The number of carbonyl (C=O) groups is 1. The predicted molar refractivity (Wildman–Crippen MR) is 116 cm³/mol. The number of guanidine groups is 1. The van der Waals surface area contributed by atoms with Crippen molar-refractivity contribution in [2.75, 3.05) is 27.7 Å². The molecule has 1 aliphatic rings. The third-order valence-electron chi connectivity index (χ3n) is 4.88. The van der Waals surface area contributed by atoms with Gasteiger partial charge in [-0.25, -0.2) is 0 Å². The molecule has 0 atom stereocenters. The highest BCUT2D eigenvalue weighted by Crippen LogP contribution is 2.30. The summed E-state index contributed by atoms with van der Waals surface area (Å²) in [6, 6.07) is 15.7. The number of rotatable bonds is 8. The lowest BCUT2D eigenvalue weighted by atomic mass is 10.1. The maximum Gasteiger partial charge on any atom is 0.253 e. The van der Waals surface area contributed by atoms with Crippen LogP contribution in [0, 0.1) is 5.92 Å². The Balaban J connectivity index is 1.50. The molecule has 0 unspecified atom stereocenters. The van der Waals surface area contributed by atoms with E-state index in [9.17, 15) is 4.79 Å². The van der Waals surface area contributed by atoms with E-state index >= 15 is 0 Å². The van der Waals surface area contributed by atoms with Gasteiger partial charge < -0.3 is 20.3 Å². The van der Waals surface area contributed by atoms with Crippen molar-refractivity contribution < 1.29 is 9.53 Å². The molecule has 2 aromatic carbocycles. The number of nitrogens with zero attached hydrogens (tertiary/aromatic N) is 2. The summed E-state index contributed by atoms with van der Waals surface area (Å²) in [5.41, 5.74) is 2.88. The highest BCUT2D eigenvalue weighted by atomic mass is 16.5. The van der Waals surface area contributed by atoms with Gasteiger partial charge in [-0.05, 0) is 42.5 Å². The second-order valence-electron chi connectivity index (χ2n) is 7.54. The molecule has 0 saturated heterocycles. The van der Waals surface area contributed by atoms with Crippen molar-refractivity contribution in [1.82, 2.24) is 15.5 Å². The van der Waals surface area contributed by atoms with E-state index in [1.165, 1.54) is 12.8 Å². The van der Waals surface area contributed by atoms with E-state index in [0.29, 0.717) is 18.7 Å². The van der Waals surface area contributed by atoms with Gasteiger partial charge in [0, 0.05) is 45.4 Å². The molecule has 154 valence electrons. The van der Waals surface area contributed by atoms with Gasteiger partial charge in [-0.1, -0.05) is 30.3 Å². The number of hydrogen-bond acceptors (Lipinski definition) is 3. The molecule has 0 spiro atoms. The fourth-order valence-corrected chi connectivity index (χ4v) is 2.89. The lowest BCUT2D eigenvalue weighted by molar-refractivity contribution is 0.0827. The van der Waals surface area contributed by atoms with Crippen LogP contribution in [-0.2, 0) is 13.1 Å².